The van der Waals surface area contributed by atoms with E-state index in [-0.39, 0.29) is 6.10 Å². The summed E-state index contributed by atoms with van der Waals surface area (Å²) in [5, 5.41) is 3.32. The first kappa shape index (κ1) is 12.6. The standard InChI is InChI=1S/C13H21N5O/c1-18-4-5-19-10(8-18)7-15-12-6-11(14)16-13(17-12)9-2-3-9/h6,9-10H,2-5,7-8H2,1H3,(H3,14,15,16,17). The highest BCUT2D eigenvalue weighted by Crippen LogP contribution is 2.38. The summed E-state index contributed by atoms with van der Waals surface area (Å²) in [5.41, 5.74) is 5.83. The van der Waals surface area contributed by atoms with Crippen molar-refractivity contribution in [1.29, 1.82) is 0 Å². The zero-order valence-corrected chi connectivity index (χ0v) is 11.3. The minimum absolute atomic E-state index is 0.208. The maximum Gasteiger partial charge on any atom is 0.136 e. The highest BCUT2D eigenvalue weighted by Gasteiger charge is 2.27. The Morgan fingerprint density at radius 3 is 3.05 bits per heavy atom. The summed E-state index contributed by atoms with van der Waals surface area (Å²) in [7, 11) is 2.11. The van der Waals surface area contributed by atoms with Crippen LogP contribution in [0.2, 0.25) is 0 Å². The van der Waals surface area contributed by atoms with E-state index in [1.165, 1.54) is 12.8 Å². The lowest BCUT2D eigenvalue weighted by atomic mass is 10.3. The van der Waals surface area contributed by atoms with Crippen molar-refractivity contribution in [3.8, 4) is 0 Å². The van der Waals surface area contributed by atoms with Gasteiger partial charge in [-0.05, 0) is 19.9 Å². The molecule has 6 nitrogen and oxygen atoms in total. The van der Waals surface area contributed by atoms with E-state index >= 15 is 0 Å². The fourth-order valence-electron chi connectivity index (χ4n) is 2.31. The van der Waals surface area contributed by atoms with Gasteiger partial charge in [0.25, 0.3) is 0 Å². The molecule has 1 atom stereocenters. The van der Waals surface area contributed by atoms with Crippen molar-refractivity contribution in [3.63, 3.8) is 0 Å². The Labute approximate surface area is 113 Å². The molecule has 3 N–H and O–H groups in total. The zero-order chi connectivity index (χ0) is 13.2. The van der Waals surface area contributed by atoms with Crippen LogP contribution in [0, 0.1) is 0 Å². The summed E-state index contributed by atoms with van der Waals surface area (Å²) in [4.78, 5) is 11.1. The molecule has 0 radical (unpaired) electrons. The van der Waals surface area contributed by atoms with Crippen LogP contribution in [0.25, 0.3) is 0 Å². The first-order valence-corrected chi connectivity index (χ1v) is 6.89. The largest absolute Gasteiger partial charge is 0.384 e. The summed E-state index contributed by atoms with van der Waals surface area (Å²) in [5.74, 6) is 2.75. The second-order valence-electron chi connectivity index (χ2n) is 5.45. The molecule has 2 aliphatic rings. The van der Waals surface area contributed by atoms with Crippen LogP contribution >= 0.6 is 0 Å². The second-order valence-corrected chi connectivity index (χ2v) is 5.45. The van der Waals surface area contributed by atoms with Gasteiger partial charge in [0.2, 0.25) is 0 Å². The third kappa shape index (κ3) is 3.33. The normalized spacial score (nSPS) is 24.4. The van der Waals surface area contributed by atoms with Crippen molar-refractivity contribution in [2.75, 3.05) is 44.3 Å². The van der Waals surface area contributed by atoms with E-state index in [1.54, 1.807) is 6.07 Å². The van der Waals surface area contributed by atoms with Gasteiger partial charge in [-0.2, -0.15) is 0 Å². The average Bonchev–Trinajstić information content (AvgIpc) is 3.20. The van der Waals surface area contributed by atoms with Gasteiger partial charge in [-0.1, -0.05) is 0 Å². The van der Waals surface area contributed by atoms with E-state index in [1.807, 2.05) is 0 Å². The number of rotatable bonds is 4. The van der Waals surface area contributed by atoms with E-state index in [0.29, 0.717) is 11.7 Å². The number of aromatic nitrogens is 2. The summed E-state index contributed by atoms with van der Waals surface area (Å²) in [6, 6.07) is 1.79. The maximum atomic E-state index is 5.83. The van der Waals surface area contributed by atoms with Crippen molar-refractivity contribution in [2.24, 2.45) is 0 Å². The van der Waals surface area contributed by atoms with E-state index in [0.717, 1.165) is 37.9 Å². The number of morpholine rings is 1. The molecule has 1 unspecified atom stereocenters. The number of nitrogens with one attached hydrogen (secondary N) is 1. The average molecular weight is 263 g/mol. The van der Waals surface area contributed by atoms with Crippen molar-refractivity contribution >= 4 is 11.6 Å². The number of nitrogens with zero attached hydrogens (tertiary/aromatic N) is 3. The number of nitrogens with two attached hydrogens (primary N) is 1. The first-order valence-electron chi connectivity index (χ1n) is 6.89. The number of nitrogen functional groups attached to an aromatic ring is 1. The highest BCUT2D eigenvalue weighted by atomic mass is 16.5. The Hall–Kier alpha value is -1.40. The molecule has 1 aromatic rings. The van der Waals surface area contributed by atoms with Crippen LogP contribution in [0.4, 0.5) is 11.6 Å². The third-order valence-electron chi connectivity index (χ3n) is 3.56. The van der Waals surface area contributed by atoms with Gasteiger partial charge in [0, 0.05) is 31.6 Å². The highest BCUT2D eigenvalue weighted by molar-refractivity contribution is 5.45. The lowest BCUT2D eigenvalue weighted by molar-refractivity contribution is -0.0117. The van der Waals surface area contributed by atoms with Crippen molar-refractivity contribution in [1.82, 2.24) is 14.9 Å². The minimum atomic E-state index is 0.208. The van der Waals surface area contributed by atoms with Crippen LogP contribution in [0.5, 0.6) is 0 Å². The molecule has 104 valence electrons. The number of hydrogen-bond donors (Lipinski definition) is 2. The maximum absolute atomic E-state index is 5.83. The molecular weight excluding hydrogens is 242 g/mol. The molecule has 0 aromatic carbocycles. The fourth-order valence-corrected chi connectivity index (χ4v) is 2.31. The molecule has 0 bridgehead atoms. The van der Waals surface area contributed by atoms with Gasteiger partial charge in [-0.25, -0.2) is 9.97 Å². The van der Waals surface area contributed by atoms with Crippen LogP contribution in [0.3, 0.4) is 0 Å². The number of hydrogen-bond acceptors (Lipinski definition) is 6. The van der Waals surface area contributed by atoms with Gasteiger partial charge in [0.05, 0.1) is 12.7 Å². The molecule has 1 saturated heterocycles. The Bertz CT molecular complexity index is 449. The van der Waals surface area contributed by atoms with Crippen molar-refractivity contribution < 1.29 is 4.74 Å². The van der Waals surface area contributed by atoms with Gasteiger partial charge in [-0.3, -0.25) is 0 Å². The van der Waals surface area contributed by atoms with Crippen molar-refractivity contribution in [3.05, 3.63) is 11.9 Å². The molecule has 2 fully saturated rings. The molecule has 6 heteroatoms. The molecular formula is C13H21N5O. The monoisotopic (exact) mass is 263 g/mol. The molecule has 0 spiro atoms. The Morgan fingerprint density at radius 2 is 2.32 bits per heavy atom. The van der Waals surface area contributed by atoms with Crippen LogP contribution in [0.1, 0.15) is 24.6 Å². The molecule has 1 aromatic heterocycles. The second kappa shape index (κ2) is 5.30. The molecule has 2 heterocycles. The molecule has 3 rings (SSSR count). The molecule has 19 heavy (non-hydrogen) atoms. The topological polar surface area (TPSA) is 76.3 Å². The number of ether oxygens (including phenoxy) is 1. The van der Waals surface area contributed by atoms with Crippen LogP contribution in [-0.2, 0) is 4.74 Å². The number of anilines is 2. The smallest absolute Gasteiger partial charge is 0.136 e. The first-order chi connectivity index (χ1) is 9.20. The van der Waals surface area contributed by atoms with Gasteiger partial charge < -0.3 is 20.7 Å². The summed E-state index contributed by atoms with van der Waals surface area (Å²) >= 11 is 0. The van der Waals surface area contributed by atoms with Gasteiger partial charge in [-0.15, -0.1) is 0 Å². The zero-order valence-electron chi connectivity index (χ0n) is 11.3. The van der Waals surface area contributed by atoms with Crippen molar-refractivity contribution in [2.45, 2.75) is 24.9 Å². The fraction of sp³-hybridized carbons (Fsp3) is 0.692. The van der Waals surface area contributed by atoms with Gasteiger partial charge in [0.1, 0.15) is 17.5 Å². The minimum Gasteiger partial charge on any atom is -0.384 e. The van der Waals surface area contributed by atoms with E-state index in [4.69, 9.17) is 10.5 Å². The van der Waals surface area contributed by atoms with Gasteiger partial charge >= 0.3 is 0 Å². The summed E-state index contributed by atoms with van der Waals surface area (Å²) < 4.78 is 5.71. The molecule has 0 amide bonds. The predicted molar refractivity (Wildman–Crippen MR) is 74.1 cm³/mol. The Balaban J connectivity index is 1.59. The van der Waals surface area contributed by atoms with E-state index in [2.05, 4.69) is 27.2 Å². The SMILES string of the molecule is CN1CCOC(CNc2cc(N)nc(C3CC3)n2)C1. The van der Waals surface area contributed by atoms with Crippen LogP contribution < -0.4 is 11.1 Å². The summed E-state index contributed by atoms with van der Waals surface area (Å²) in [6.45, 7) is 3.50. The Kier molecular flexibility index (Phi) is 3.52. The predicted octanol–water partition coefficient (Wildman–Crippen LogP) is 0.679. The molecule has 1 saturated carbocycles. The quantitative estimate of drug-likeness (QED) is 0.832. The van der Waals surface area contributed by atoms with Gasteiger partial charge in [0.15, 0.2) is 0 Å². The molecule has 1 aliphatic heterocycles. The van der Waals surface area contributed by atoms with E-state index in [9.17, 15) is 0 Å². The van der Waals surface area contributed by atoms with E-state index < -0.39 is 0 Å². The third-order valence-corrected chi connectivity index (χ3v) is 3.56. The molecule has 1 aliphatic carbocycles. The Morgan fingerprint density at radius 1 is 1.47 bits per heavy atom. The van der Waals surface area contributed by atoms with Crippen LogP contribution in [-0.4, -0.2) is 54.3 Å². The lowest BCUT2D eigenvalue weighted by Crippen LogP contribution is -2.43. The summed E-state index contributed by atoms with van der Waals surface area (Å²) in [6.07, 6.45) is 2.57. The number of likely N-dealkylation sites (N-methyl/N-ethyl adjacent to an activating group) is 1. The van der Waals surface area contributed by atoms with Crippen LogP contribution in [0.15, 0.2) is 6.07 Å². The lowest BCUT2D eigenvalue weighted by Gasteiger charge is -2.30.